The van der Waals surface area contributed by atoms with E-state index in [-0.39, 0.29) is 12.1 Å². The molecule has 0 saturated heterocycles. The molecule has 2 aliphatic heterocycles. The minimum Gasteiger partial charge on any atom is -0.263 e. The fraction of sp³-hybridized carbons (Fsp3) is 0.0714. The Labute approximate surface area is 140 Å². The van der Waals surface area contributed by atoms with Gasteiger partial charge in [-0.25, -0.2) is 4.79 Å². The molecule has 3 rings (SSSR count). The van der Waals surface area contributed by atoms with E-state index in [1.54, 1.807) is 26.0 Å². The summed E-state index contributed by atoms with van der Waals surface area (Å²) in [5.41, 5.74) is 1.06. The summed E-state index contributed by atoms with van der Waals surface area (Å²) in [6, 6.07) is 7.55. The van der Waals surface area contributed by atoms with Crippen LogP contribution in [0.15, 0.2) is 53.1 Å². The first-order valence-corrected chi connectivity index (χ1v) is 8.14. The number of carbonyl (C=O) groups excluding carboxylic acids is 1. The summed E-state index contributed by atoms with van der Waals surface area (Å²) >= 11 is 9.48. The Hall–Kier alpha value is -0.920. The number of halogens is 2. The van der Waals surface area contributed by atoms with Gasteiger partial charge >= 0.3 is 6.03 Å². The molecule has 3 nitrogen and oxygen atoms in total. The predicted molar refractivity (Wildman–Crippen MR) is 92.2 cm³/mol. The zero-order chi connectivity index (χ0) is 14.1. The number of thioether (sulfide) groups is 1. The minimum absolute atomic E-state index is 0.0184. The number of rotatable bonds is 2. The molecule has 0 radical (unpaired) electrons. The van der Waals surface area contributed by atoms with Crippen molar-refractivity contribution in [2.24, 2.45) is 0 Å². The summed E-state index contributed by atoms with van der Waals surface area (Å²) in [5, 5.41) is 3.60. The number of hydrogen-bond donors (Lipinski definition) is 0. The monoisotopic (exact) mass is 416 g/mol. The summed E-state index contributed by atoms with van der Waals surface area (Å²) < 4.78 is 1.68. The van der Waals surface area contributed by atoms with Crippen LogP contribution < -0.4 is 0 Å². The van der Waals surface area contributed by atoms with Crippen molar-refractivity contribution >= 4 is 58.3 Å². The van der Waals surface area contributed by atoms with E-state index >= 15 is 0 Å². The topological polar surface area (TPSA) is 23.6 Å². The predicted octanol–water partition coefficient (Wildman–Crippen LogP) is 4.87. The number of fused-ring (bicyclic) bond motifs is 1. The fourth-order valence-electron chi connectivity index (χ4n) is 1.93. The van der Waals surface area contributed by atoms with Crippen molar-refractivity contribution in [1.29, 1.82) is 0 Å². The Morgan fingerprint density at radius 2 is 2.05 bits per heavy atom. The van der Waals surface area contributed by atoms with Crippen LogP contribution in [0.25, 0.3) is 6.08 Å². The summed E-state index contributed by atoms with van der Waals surface area (Å²) in [7, 11) is 0. The van der Waals surface area contributed by atoms with E-state index in [0.717, 1.165) is 15.6 Å². The molecule has 0 bridgehead atoms. The number of carbonyl (C=O) groups is 1. The highest BCUT2D eigenvalue weighted by molar-refractivity contribution is 14.1. The van der Waals surface area contributed by atoms with Crippen LogP contribution in [0.5, 0.6) is 0 Å². The van der Waals surface area contributed by atoms with E-state index in [0.29, 0.717) is 0 Å². The summed E-state index contributed by atoms with van der Waals surface area (Å²) in [5.74, 6) is 0. The molecule has 0 saturated carbocycles. The molecule has 0 aliphatic carbocycles. The molecule has 1 atom stereocenters. The molecule has 2 heterocycles. The fourth-order valence-corrected chi connectivity index (χ4v) is 3.42. The highest BCUT2D eigenvalue weighted by Crippen LogP contribution is 2.36. The van der Waals surface area contributed by atoms with Gasteiger partial charge in [0.15, 0.2) is 0 Å². The maximum atomic E-state index is 12.2. The van der Waals surface area contributed by atoms with Crippen LogP contribution in [0.1, 0.15) is 5.56 Å². The molecule has 102 valence electrons. The van der Waals surface area contributed by atoms with Gasteiger partial charge < -0.3 is 0 Å². The standard InChI is InChI=1S/C14H10ClIN2OS/c15-11-4-1-10(2-5-11)3-6-12-9-13-17(7-8-20-13)14(19)18(12)16/h1-9,12H/b6-3+. The summed E-state index contributed by atoms with van der Waals surface area (Å²) in [6.07, 6.45) is 7.88. The number of urea groups is 1. The lowest BCUT2D eigenvalue weighted by Crippen LogP contribution is -2.41. The maximum absolute atomic E-state index is 12.2. The smallest absolute Gasteiger partial charge is 0.263 e. The minimum atomic E-state index is -0.0440. The van der Waals surface area contributed by atoms with Crippen molar-refractivity contribution in [2.45, 2.75) is 6.04 Å². The third kappa shape index (κ3) is 2.75. The Morgan fingerprint density at radius 3 is 2.80 bits per heavy atom. The second-order valence-electron chi connectivity index (χ2n) is 4.27. The SMILES string of the molecule is O=C1N2C=CSC2=CC(/C=C/c2ccc(Cl)cc2)N1I. The van der Waals surface area contributed by atoms with Crippen molar-refractivity contribution in [1.82, 2.24) is 8.01 Å². The van der Waals surface area contributed by atoms with E-state index in [2.05, 4.69) is 28.9 Å². The lowest BCUT2D eigenvalue weighted by atomic mass is 10.1. The van der Waals surface area contributed by atoms with Crippen LogP contribution in [-0.4, -0.2) is 20.1 Å². The van der Waals surface area contributed by atoms with Crippen LogP contribution in [0.2, 0.25) is 5.02 Å². The first kappa shape index (κ1) is 14.0. The highest BCUT2D eigenvalue weighted by Gasteiger charge is 2.32. The lowest BCUT2D eigenvalue weighted by Gasteiger charge is -2.31. The van der Waals surface area contributed by atoms with Crippen molar-refractivity contribution in [2.75, 3.05) is 0 Å². The van der Waals surface area contributed by atoms with Gasteiger partial charge in [-0.1, -0.05) is 47.6 Å². The molecule has 2 amide bonds. The third-order valence-electron chi connectivity index (χ3n) is 2.96. The zero-order valence-electron chi connectivity index (χ0n) is 10.2. The normalized spacial score (nSPS) is 21.6. The first-order valence-electron chi connectivity index (χ1n) is 5.92. The lowest BCUT2D eigenvalue weighted by molar-refractivity contribution is 0.207. The quantitative estimate of drug-likeness (QED) is 0.507. The number of amides is 2. The van der Waals surface area contributed by atoms with Gasteiger partial charge in [0.2, 0.25) is 0 Å². The molecule has 1 aromatic carbocycles. The van der Waals surface area contributed by atoms with Gasteiger partial charge in [-0.3, -0.25) is 8.01 Å². The van der Waals surface area contributed by atoms with Gasteiger partial charge in [0.05, 0.1) is 33.9 Å². The molecule has 6 heteroatoms. The van der Waals surface area contributed by atoms with Gasteiger partial charge in [0.25, 0.3) is 0 Å². The highest BCUT2D eigenvalue weighted by atomic mass is 127. The number of hydrogen-bond acceptors (Lipinski definition) is 2. The van der Waals surface area contributed by atoms with E-state index in [4.69, 9.17) is 11.6 Å². The molecule has 20 heavy (non-hydrogen) atoms. The Balaban J connectivity index is 1.82. The molecule has 0 fully saturated rings. The average molecular weight is 417 g/mol. The summed E-state index contributed by atoms with van der Waals surface area (Å²) in [4.78, 5) is 13.8. The first-order chi connectivity index (χ1) is 9.65. The molecule has 0 aromatic heterocycles. The van der Waals surface area contributed by atoms with Gasteiger partial charge in [0.1, 0.15) is 0 Å². The van der Waals surface area contributed by atoms with Gasteiger partial charge in [0, 0.05) is 11.2 Å². The van der Waals surface area contributed by atoms with Crippen LogP contribution in [0, 0.1) is 0 Å². The van der Waals surface area contributed by atoms with Gasteiger partial charge in [-0.15, -0.1) is 0 Å². The maximum Gasteiger partial charge on any atom is 0.338 e. The van der Waals surface area contributed by atoms with Crippen LogP contribution in [0.4, 0.5) is 4.79 Å². The molecule has 1 aromatic rings. The Bertz CT molecular complexity index is 627. The third-order valence-corrected chi connectivity index (χ3v) is 5.10. The largest absolute Gasteiger partial charge is 0.338 e. The molecule has 1 unspecified atom stereocenters. The van der Waals surface area contributed by atoms with Crippen LogP contribution in [0.3, 0.4) is 0 Å². The van der Waals surface area contributed by atoms with Gasteiger partial charge in [-0.2, -0.15) is 0 Å². The molecular formula is C14H10ClIN2OS. The molecule has 0 N–H and O–H groups in total. The van der Waals surface area contributed by atoms with E-state index in [9.17, 15) is 4.79 Å². The van der Waals surface area contributed by atoms with E-state index in [1.165, 1.54) is 0 Å². The van der Waals surface area contributed by atoms with Crippen LogP contribution >= 0.6 is 46.2 Å². The average Bonchev–Trinajstić information content (AvgIpc) is 2.91. The van der Waals surface area contributed by atoms with Crippen molar-refractivity contribution in [3.63, 3.8) is 0 Å². The van der Waals surface area contributed by atoms with E-state index < -0.39 is 0 Å². The van der Waals surface area contributed by atoms with Crippen molar-refractivity contribution in [3.8, 4) is 0 Å². The molecular weight excluding hydrogens is 407 g/mol. The number of benzene rings is 1. The summed E-state index contributed by atoms with van der Waals surface area (Å²) in [6.45, 7) is 0. The zero-order valence-corrected chi connectivity index (χ0v) is 14.0. The van der Waals surface area contributed by atoms with Crippen molar-refractivity contribution < 1.29 is 4.79 Å². The van der Waals surface area contributed by atoms with Crippen LogP contribution in [-0.2, 0) is 0 Å². The number of nitrogens with zero attached hydrogens (tertiary/aromatic N) is 2. The van der Waals surface area contributed by atoms with Crippen molar-refractivity contribution in [3.05, 3.63) is 63.6 Å². The second-order valence-corrected chi connectivity index (χ2v) is 6.68. The van der Waals surface area contributed by atoms with E-state index in [1.807, 2.05) is 41.8 Å². The molecule has 2 aliphatic rings. The Morgan fingerprint density at radius 1 is 1.30 bits per heavy atom. The second kappa shape index (κ2) is 5.83. The Kier molecular flexibility index (Phi) is 4.09. The van der Waals surface area contributed by atoms with Gasteiger partial charge in [-0.05, 0) is 29.2 Å². The molecule has 0 spiro atoms.